The van der Waals surface area contributed by atoms with Gasteiger partial charge in [0.2, 0.25) is 0 Å². The highest BCUT2D eigenvalue weighted by atomic mass is 127. The second-order valence-corrected chi connectivity index (χ2v) is 7.04. The number of rotatable bonds is 3. The molecule has 2 aromatic carbocycles. The van der Waals surface area contributed by atoms with E-state index in [9.17, 15) is 0 Å². The lowest BCUT2D eigenvalue weighted by molar-refractivity contribution is 0.148. The van der Waals surface area contributed by atoms with Crippen LogP contribution in [0, 0.1) is 3.57 Å². The maximum Gasteiger partial charge on any atom is 0.0235 e. The number of benzene rings is 2. The molecule has 0 bridgehead atoms. The summed E-state index contributed by atoms with van der Waals surface area (Å²) in [7, 11) is 2.20. The Morgan fingerprint density at radius 1 is 0.905 bits per heavy atom. The Bertz CT molecular complexity index is 604. The van der Waals surface area contributed by atoms with Gasteiger partial charge in [0.15, 0.2) is 0 Å². The first-order chi connectivity index (χ1) is 10.2. The molecule has 1 aliphatic rings. The van der Waals surface area contributed by atoms with Crippen molar-refractivity contribution in [2.45, 2.75) is 6.54 Å². The van der Waals surface area contributed by atoms with Crippen LogP contribution in [0.5, 0.6) is 0 Å². The van der Waals surface area contributed by atoms with E-state index >= 15 is 0 Å². The molecule has 2 aromatic rings. The summed E-state index contributed by atoms with van der Waals surface area (Å²) in [5.41, 5.74) is 4.04. The highest BCUT2D eigenvalue weighted by Crippen LogP contribution is 2.23. The Kier molecular flexibility index (Phi) is 4.93. The largest absolute Gasteiger partial charge is 0.304 e. The van der Waals surface area contributed by atoms with Gasteiger partial charge in [-0.15, -0.1) is 0 Å². The first kappa shape index (κ1) is 15.0. The fraction of sp³-hybridized carbons (Fsp3) is 0.333. The van der Waals surface area contributed by atoms with Crippen LogP contribution >= 0.6 is 22.6 Å². The molecule has 3 heteroatoms. The van der Waals surface area contributed by atoms with Gasteiger partial charge in [-0.2, -0.15) is 0 Å². The number of likely N-dealkylation sites (N-methyl/N-ethyl adjacent to an activating group) is 1. The van der Waals surface area contributed by atoms with Crippen molar-refractivity contribution in [1.82, 2.24) is 9.80 Å². The molecule has 0 spiro atoms. The quantitative estimate of drug-likeness (QED) is 0.735. The van der Waals surface area contributed by atoms with Gasteiger partial charge in [-0.3, -0.25) is 4.90 Å². The van der Waals surface area contributed by atoms with Crippen LogP contribution in [-0.2, 0) is 6.54 Å². The average Bonchev–Trinajstić information content (AvgIpc) is 2.50. The van der Waals surface area contributed by atoms with Crippen molar-refractivity contribution in [1.29, 1.82) is 0 Å². The molecule has 1 aliphatic heterocycles. The third-order valence-corrected chi connectivity index (χ3v) is 4.76. The molecule has 110 valence electrons. The van der Waals surface area contributed by atoms with Crippen LogP contribution in [0.15, 0.2) is 48.5 Å². The molecule has 0 atom stereocenters. The van der Waals surface area contributed by atoms with Gasteiger partial charge >= 0.3 is 0 Å². The van der Waals surface area contributed by atoms with Gasteiger partial charge in [0.05, 0.1) is 0 Å². The van der Waals surface area contributed by atoms with E-state index < -0.39 is 0 Å². The summed E-state index contributed by atoms with van der Waals surface area (Å²) in [6.07, 6.45) is 0. The van der Waals surface area contributed by atoms with Crippen molar-refractivity contribution in [2.75, 3.05) is 33.2 Å². The molecule has 0 unspecified atom stereocenters. The van der Waals surface area contributed by atoms with E-state index in [0.717, 1.165) is 6.54 Å². The molecule has 1 heterocycles. The molecule has 0 saturated carbocycles. The molecule has 0 amide bonds. The number of nitrogens with zero attached hydrogens (tertiary/aromatic N) is 2. The van der Waals surface area contributed by atoms with Crippen molar-refractivity contribution in [3.63, 3.8) is 0 Å². The lowest BCUT2D eigenvalue weighted by Crippen LogP contribution is -2.43. The third kappa shape index (κ3) is 4.05. The Morgan fingerprint density at radius 2 is 1.57 bits per heavy atom. The summed E-state index contributed by atoms with van der Waals surface area (Å²) in [5.74, 6) is 0. The molecule has 0 aromatic heterocycles. The number of halogens is 1. The molecular formula is C18H21IN2. The van der Waals surface area contributed by atoms with Crippen molar-refractivity contribution in [3.05, 3.63) is 57.7 Å². The smallest absolute Gasteiger partial charge is 0.0235 e. The Morgan fingerprint density at radius 3 is 2.29 bits per heavy atom. The lowest BCUT2D eigenvalue weighted by Gasteiger charge is -2.32. The minimum Gasteiger partial charge on any atom is -0.304 e. The summed E-state index contributed by atoms with van der Waals surface area (Å²) in [5, 5.41) is 0. The van der Waals surface area contributed by atoms with Crippen LogP contribution < -0.4 is 0 Å². The normalized spacial score (nSPS) is 17.0. The van der Waals surface area contributed by atoms with Gasteiger partial charge in [0.1, 0.15) is 0 Å². The topological polar surface area (TPSA) is 6.48 Å². The van der Waals surface area contributed by atoms with Crippen molar-refractivity contribution in [3.8, 4) is 11.1 Å². The van der Waals surface area contributed by atoms with Crippen LogP contribution in [0.25, 0.3) is 11.1 Å². The standard InChI is InChI=1S/C18H21IN2/c1-20-8-10-21(11-9-20)14-15-4-2-5-16(12-15)17-6-3-7-18(19)13-17/h2-7,12-13H,8-11,14H2,1H3. The second kappa shape index (κ2) is 6.90. The molecule has 0 N–H and O–H groups in total. The van der Waals surface area contributed by atoms with Gasteiger partial charge in [0.25, 0.3) is 0 Å². The first-order valence-corrected chi connectivity index (χ1v) is 8.54. The van der Waals surface area contributed by atoms with Gasteiger partial charge in [-0.05, 0) is 64.5 Å². The molecule has 1 fully saturated rings. The molecule has 0 radical (unpaired) electrons. The van der Waals surface area contributed by atoms with E-state index in [-0.39, 0.29) is 0 Å². The van der Waals surface area contributed by atoms with Crippen molar-refractivity contribution < 1.29 is 0 Å². The van der Waals surface area contributed by atoms with E-state index in [1.807, 2.05) is 0 Å². The molecule has 3 rings (SSSR count). The van der Waals surface area contributed by atoms with E-state index in [0.29, 0.717) is 0 Å². The molecule has 21 heavy (non-hydrogen) atoms. The molecule has 2 nitrogen and oxygen atoms in total. The maximum absolute atomic E-state index is 2.55. The summed E-state index contributed by atoms with van der Waals surface area (Å²) in [6, 6.07) is 17.7. The fourth-order valence-corrected chi connectivity index (χ4v) is 3.32. The van der Waals surface area contributed by atoms with E-state index in [4.69, 9.17) is 0 Å². The zero-order valence-corrected chi connectivity index (χ0v) is 14.6. The number of piperazine rings is 1. The Balaban J connectivity index is 1.74. The van der Waals surface area contributed by atoms with Crippen molar-refractivity contribution in [2.24, 2.45) is 0 Å². The van der Waals surface area contributed by atoms with Crippen molar-refractivity contribution >= 4 is 22.6 Å². The van der Waals surface area contributed by atoms with Gasteiger partial charge < -0.3 is 4.90 Å². The monoisotopic (exact) mass is 392 g/mol. The molecule has 0 aliphatic carbocycles. The SMILES string of the molecule is CN1CCN(Cc2cccc(-c3cccc(I)c3)c2)CC1. The maximum atomic E-state index is 2.55. The summed E-state index contributed by atoms with van der Waals surface area (Å²) in [4.78, 5) is 4.95. The minimum atomic E-state index is 1.06. The van der Waals surface area contributed by atoms with Gasteiger partial charge in [-0.25, -0.2) is 0 Å². The fourth-order valence-electron chi connectivity index (χ4n) is 2.78. The van der Waals surface area contributed by atoms with Crippen LogP contribution in [0.4, 0.5) is 0 Å². The lowest BCUT2D eigenvalue weighted by atomic mass is 10.0. The van der Waals surface area contributed by atoms with E-state index in [2.05, 4.69) is 88.0 Å². The van der Waals surface area contributed by atoms with Crippen LogP contribution in [0.1, 0.15) is 5.56 Å². The molecule has 1 saturated heterocycles. The number of hydrogen-bond acceptors (Lipinski definition) is 2. The predicted molar refractivity (Wildman–Crippen MR) is 97.4 cm³/mol. The second-order valence-electron chi connectivity index (χ2n) is 5.79. The molecular weight excluding hydrogens is 371 g/mol. The average molecular weight is 392 g/mol. The number of hydrogen-bond donors (Lipinski definition) is 0. The summed E-state index contributed by atoms with van der Waals surface area (Å²) < 4.78 is 1.29. The first-order valence-electron chi connectivity index (χ1n) is 7.46. The zero-order valence-electron chi connectivity index (χ0n) is 12.4. The van der Waals surface area contributed by atoms with Crippen LogP contribution in [-0.4, -0.2) is 43.0 Å². The van der Waals surface area contributed by atoms with E-state index in [1.54, 1.807) is 0 Å². The van der Waals surface area contributed by atoms with Crippen LogP contribution in [0.2, 0.25) is 0 Å². The zero-order chi connectivity index (χ0) is 14.7. The Hall–Kier alpha value is -0.910. The van der Waals surface area contributed by atoms with Gasteiger partial charge in [0, 0.05) is 36.3 Å². The predicted octanol–water partition coefficient (Wildman–Crippen LogP) is 3.71. The summed E-state index contributed by atoms with van der Waals surface area (Å²) >= 11 is 2.37. The third-order valence-electron chi connectivity index (χ3n) is 4.09. The minimum absolute atomic E-state index is 1.06. The highest BCUT2D eigenvalue weighted by Gasteiger charge is 2.13. The highest BCUT2D eigenvalue weighted by molar-refractivity contribution is 14.1. The summed E-state index contributed by atoms with van der Waals surface area (Å²) in [6.45, 7) is 5.76. The Labute approximate surface area is 140 Å². The van der Waals surface area contributed by atoms with Crippen LogP contribution in [0.3, 0.4) is 0 Å². The van der Waals surface area contributed by atoms with E-state index in [1.165, 1.54) is 46.4 Å². The van der Waals surface area contributed by atoms with Gasteiger partial charge in [-0.1, -0.05) is 30.3 Å².